The van der Waals surface area contributed by atoms with Gasteiger partial charge in [0.25, 0.3) is 0 Å². The summed E-state index contributed by atoms with van der Waals surface area (Å²) in [4.78, 5) is 13.5. The average molecular weight is 488 g/mol. The van der Waals surface area contributed by atoms with Crippen LogP contribution >= 0.6 is 0 Å². The van der Waals surface area contributed by atoms with Gasteiger partial charge in [-0.3, -0.25) is 4.79 Å². The number of fused-ring (bicyclic) bond motifs is 3. The van der Waals surface area contributed by atoms with Crippen molar-refractivity contribution < 1.29 is 13.9 Å². The fourth-order valence-corrected chi connectivity index (χ4v) is 8.41. The minimum absolute atomic E-state index is 0.0228. The lowest BCUT2D eigenvalue weighted by Crippen LogP contribution is -2.49. The van der Waals surface area contributed by atoms with Crippen molar-refractivity contribution in [2.45, 2.75) is 78.6 Å². The molecule has 0 aliphatic heterocycles. The predicted octanol–water partition coefficient (Wildman–Crippen LogP) is 5.97. The fourth-order valence-electron chi connectivity index (χ4n) is 8.41. The smallest absolute Gasteiger partial charge is 0.157 e. The molecule has 196 valence electrons. The summed E-state index contributed by atoms with van der Waals surface area (Å²) in [5.41, 5.74) is 6.82. The fraction of sp³-hybridized carbons (Fsp3) is 0.759. The minimum atomic E-state index is -0.401. The van der Waals surface area contributed by atoms with Crippen molar-refractivity contribution in [3.05, 3.63) is 24.0 Å². The molecule has 0 radical (unpaired) electrons. The molecule has 5 nitrogen and oxygen atoms in total. The first-order chi connectivity index (χ1) is 16.8. The summed E-state index contributed by atoms with van der Waals surface area (Å²) in [5.74, 6) is 9.75. The van der Waals surface area contributed by atoms with Gasteiger partial charge < -0.3 is 15.5 Å². The molecule has 4 N–H and O–H groups in total. The number of nitrogens with zero attached hydrogens (tertiary/aromatic N) is 1. The quantitative estimate of drug-likeness (QED) is 0.184. The number of rotatable bonds is 10. The van der Waals surface area contributed by atoms with Crippen LogP contribution in [0.15, 0.2) is 18.2 Å². The zero-order valence-electron chi connectivity index (χ0n) is 22.0. The number of hydrogen-bond acceptors (Lipinski definition) is 5. The molecule has 0 spiro atoms. The van der Waals surface area contributed by atoms with Gasteiger partial charge in [-0.05, 0) is 99.0 Å². The van der Waals surface area contributed by atoms with Crippen molar-refractivity contribution in [1.82, 2.24) is 0 Å². The zero-order chi connectivity index (χ0) is 25.2. The number of hydrazine groups is 1. The van der Waals surface area contributed by atoms with E-state index in [1.165, 1.54) is 61.7 Å². The summed E-state index contributed by atoms with van der Waals surface area (Å²) >= 11 is 0. The number of anilines is 2. The molecule has 7 unspecified atom stereocenters. The molecule has 0 heterocycles. The highest BCUT2D eigenvalue weighted by Crippen LogP contribution is 2.63. The Morgan fingerprint density at radius 1 is 1.14 bits per heavy atom. The van der Waals surface area contributed by atoms with Gasteiger partial charge in [0.2, 0.25) is 0 Å². The maximum Gasteiger partial charge on any atom is 0.157 e. The Morgan fingerprint density at radius 3 is 2.69 bits per heavy atom. The molecule has 1 aromatic carbocycles. The number of carbonyl (C=O) groups is 1. The van der Waals surface area contributed by atoms with Gasteiger partial charge >= 0.3 is 0 Å². The second kappa shape index (κ2) is 11.2. The van der Waals surface area contributed by atoms with Crippen LogP contribution in [-0.2, 0) is 9.53 Å². The molecule has 3 saturated carbocycles. The zero-order valence-corrected chi connectivity index (χ0v) is 22.0. The first-order valence-electron chi connectivity index (χ1n) is 14.0. The van der Waals surface area contributed by atoms with Crippen molar-refractivity contribution >= 4 is 17.2 Å². The van der Waals surface area contributed by atoms with Crippen molar-refractivity contribution in [3.63, 3.8) is 0 Å². The van der Waals surface area contributed by atoms with E-state index in [4.69, 9.17) is 16.3 Å². The van der Waals surface area contributed by atoms with Crippen LogP contribution < -0.4 is 16.6 Å². The van der Waals surface area contributed by atoms with Crippen LogP contribution in [0.1, 0.15) is 78.6 Å². The number of hydrogen-bond donors (Lipinski definition) is 2. The lowest BCUT2D eigenvalue weighted by Gasteiger charge is -2.54. The normalized spacial score (nSPS) is 34.3. The molecule has 0 bridgehead atoms. The van der Waals surface area contributed by atoms with Gasteiger partial charge in [0, 0.05) is 25.2 Å². The van der Waals surface area contributed by atoms with Crippen molar-refractivity contribution in [3.8, 4) is 0 Å². The van der Waals surface area contributed by atoms with E-state index in [1.54, 1.807) is 0 Å². The molecule has 6 heteroatoms. The van der Waals surface area contributed by atoms with Gasteiger partial charge in [-0.2, -0.15) is 0 Å². The van der Waals surface area contributed by atoms with Crippen LogP contribution in [0.2, 0.25) is 0 Å². The summed E-state index contributed by atoms with van der Waals surface area (Å²) in [5, 5.41) is 1.34. The lowest BCUT2D eigenvalue weighted by molar-refractivity contribution is -0.128. The second-order valence-electron chi connectivity index (χ2n) is 11.7. The van der Waals surface area contributed by atoms with Gasteiger partial charge in [0.05, 0.1) is 17.9 Å². The van der Waals surface area contributed by atoms with E-state index in [9.17, 15) is 9.18 Å². The van der Waals surface area contributed by atoms with E-state index >= 15 is 0 Å². The third-order valence-corrected chi connectivity index (χ3v) is 9.99. The van der Waals surface area contributed by atoms with Crippen molar-refractivity contribution in [2.75, 3.05) is 30.5 Å². The summed E-state index contributed by atoms with van der Waals surface area (Å²) in [6.45, 7) is 8.55. The topological polar surface area (TPSA) is 81.6 Å². The molecule has 0 saturated heterocycles. The van der Waals surface area contributed by atoms with Crippen LogP contribution in [0.3, 0.4) is 0 Å². The van der Waals surface area contributed by atoms with E-state index in [0.29, 0.717) is 17.3 Å². The van der Waals surface area contributed by atoms with Crippen LogP contribution in [0.25, 0.3) is 0 Å². The summed E-state index contributed by atoms with van der Waals surface area (Å²) < 4.78 is 19.5. The van der Waals surface area contributed by atoms with Crippen LogP contribution in [0, 0.1) is 46.7 Å². The predicted molar refractivity (Wildman–Crippen MR) is 140 cm³/mol. The number of ether oxygens (including phenoxy) is 1. The van der Waals surface area contributed by atoms with Gasteiger partial charge in [0.15, 0.2) is 5.78 Å². The van der Waals surface area contributed by atoms with E-state index in [0.717, 1.165) is 56.1 Å². The number of ketones is 1. The molecule has 35 heavy (non-hydrogen) atoms. The van der Waals surface area contributed by atoms with E-state index in [2.05, 4.69) is 20.8 Å². The molecule has 0 aromatic heterocycles. The molecular formula is C29H46FN3O2. The van der Waals surface area contributed by atoms with Crippen LogP contribution in [0.4, 0.5) is 15.8 Å². The maximum absolute atomic E-state index is 13.8. The molecule has 0 amide bonds. The first-order valence-corrected chi connectivity index (χ1v) is 14.0. The van der Waals surface area contributed by atoms with Gasteiger partial charge in [-0.15, -0.1) is 0 Å². The van der Waals surface area contributed by atoms with Gasteiger partial charge in [0.1, 0.15) is 5.82 Å². The first kappa shape index (κ1) is 26.4. The monoisotopic (exact) mass is 487 g/mol. The Bertz CT molecular complexity index is 879. The van der Waals surface area contributed by atoms with Crippen LogP contribution in [-0.4, -0.2) is 25.5 Å². The molecule has 4 rings (SSSR count). The second-order valence-corrected chi connectivity index (χ2v) is 11.7. The van der Waals surface area contributed by atoms with E-state index in [1.807, 2.05) is 0 Å². The highest BCUT2D eigenvalue weighted by atomic mass is 19.1. The maximum atomic E-state index is 13.8. The number of nitrogens with two attached hydrogens (primary N) is 2. The molecule has 7 atom stereocenters. The highest BCUT2D eigenvalue weighted by Gasteiger charge is 2.57. The average Bonchev–Trinajstić information content (AvgIpc) is 3.19. The number of halogens is 1. The standard InChI is InChI=1S/C29H46FN3O2/c1-4-6-21-19(14-16-35-5-2)7-9-23-22(21)13-15-29(3)24(23)10-11-25(29)28(34)18-33(32)27-17-20(30)8-12-26(27)31/h8,12,17,19,21-25H,4-7,9-11,13-16,18,31-32H2,1-3H3. The summed E-state index contributed by atoms with van der Waals surface area (Å²) in [7, 11) is 0. The summed E-state index contributed by atoms with van der Waals surface area (Å²) in [6.07, 6.45) is 10.8. The lowest BCUT2D eigenvalue weighted by atomic mass is 9.50. The Labute approximate surface area is 211 Å². The Balaban J connectivity index is 1.45. The van der Waals surface area contributed by atoms with E-state index < -0.39 is 5.82 Å². The third kappa shape index (κ3) is 5.24. The number of carbonyl (C=O) groups excluding carboxylic acids is 1. The SMILES string of the molecule is CCCC1C(CCOCC)CCC2C1CCC1(C)C(C(=O)CN(N)c3cc(F)ccc3N)CCC21. The minimum Gasteiger partial charge on any atom is -0.397 e. The number of Topliss-reactive ketones (excluding diaryl/α,β-unsaturated/α-hetero) is 1. The highest BCUT2D eigenvalue weighted by molar-refractivity contribution is 5.87. The third-order valence-electron chi connectivity index (χ3n) is 9.99. The van der Waals surface area contributed by atoms with Crippen LogP contribution in [0.5, 0.6) is 0 Å². The van der Waals surface area contributed by atoms with Gasteiger partial charge in [-0.25, -0.2) is 10.2 Å². The Hall–Kier alpha value is -1.66. The summed E-state index contributed by atoms with van der Waals surface area (Å²) in [6, 6.07) is 4.12. The molecule has 3 aliphatic rings. The molecule has 1 aromatic rings. The Morgan fingerprint density at radius 2 is 1.94 bits per heavy atom. The van der Waals surface area contributed by atoms with Crippen molar-refractivity contribution in [1.29, 1.82) is 0 Å². The van der Waals surface area contributed by atoms with Gasteiger partial charge in [-0.1, -0.05) is 26.7 Å². The largest absolute Gasteiger partial charge is 0.397 e. The van der Waals surface area contributed by atoms with E-state index in [-0.39, 0.29) is 23.7 Å². The van der Waals surface area contributed by atoms with Crippen molar-refractivity contribution in [2.24, 2.45) is 46.8 Å². The molecule has 3 aliphatic carbocycles. The number of nitrogen functional groups attached to an aromatic ring is 1. The Kier molecular flexibility index (Phi) is 8.42. The molecule has 3 fully saturated rings. The number of benzene rings is 1. The molecular weight excluding hydrogens is 441 g/mol.